The van der Waals surface area contributed by atoms with Gasteiger partial charge in [-0.1, -0.05) is 24.3 Å². The molecule has 1 atom stereocenters. The summed E-state index contributed by atoms with van der Waals surface area (Å²) in [6.07, 6.45) is 4.89. The van der Waals surface area contributed by atoms with Crippen molar-refractivity contribution in [1.82, 2.24) is 4.90 Å². The van der Waals surface area contributed by atoms with Gasteiger partial charge in [-0.25, -0.2) is 0 Å². The third kappa shape index (κ3) is 5.27. The summed E-state index contributed by atoms with van der Waals surface area (Å²) in [6, 6.07) is 9.01. The Morgan fingerprint density at radius 2 is 1.91 bits per heavy atom. The normalized spacial score (nSPS) is 16.4. The summed E-state index contributed by atoms with van der Waals surface area (Å²) in [5, 5.41) is 17.8. The number of hydrogen-bond acceptors (Lipinski definition) is 3. The maximum atomic E-state index is 10.6. The van der Waals surface area contributed by atoms with Crippen LogP contribution in [0.3, 0.4) is 0 Å². The van der Waals surface area contributed by atoms with Crippen molar-refractivity contribution >= 4 is 18.4 Å². The van der Waals surface area contributed by atoms with Gasteiger partial charge in [-0.15, -0.1) is 12.4 Å². The molecule has 1 aliphatic rings. The van der Waals surface area contributed by atoms with Crippen molar-refractivity contribution in [3.63, 3.8) is 0 Å². The Labute approximate surface area is 138 Å². The summed E-state index contributed by atoms with van der Waals surface area (Å²) >= 11 is 0. The molecular weight excluding hydrogens is 302 g/mol. The first-order chi connectivity index (χ1) is 10.2. The van der Waals surface area contributed by atoms with E-state index >= 15 is 0 Å². The number of carboxylic acids is 1. The summed E-state index contributed by atoms with van der Waals surface area (Å²) < 4.78 is 0. The Morgan fingerprint density at radius 3 is 2.64 bits per heavy atom. The van der Waals surface area contributed by atoms with Crippen molar-refractivity contribution in [3.8, 4) is 0 Å². The zero-order valence-electron chi connectivity index (χ0n) is 12.9. The molecule has 1 unspecified atom stereocenters. The van der Waals surface area contributed by atoms with Crippen LogP contribution in [0.1, 0.15) is 49.3 Å². The molecule has 124 valence electrons. The van der Waals surface area contributed by atoms with E-state index in [1.165, 1.54) is 11.1 Å². The van der Waals surface area contributed by atoms with E-state index in [0.29, 0.717) is 6.04 Å². The van der Waals surface area contributed by atoms with Crippen molar-refractivity contribution in [2.45, 2.75) is 44.6 Å². The van der Waals surface area contributed by atoms with E-state index in [9.17, 15) is 4.79 Å². The maximum absolute atomic E-state index is 10.6. The van der Waals surface area contributed by atoms with Gasteiger partial charge in [0.15, 0.2) is 0 Å². The minimum Gasteiger partial charge on any atom is -0.481 e. The Kier molecular flexibility index (Phi) is 8.46. The van der Waals surface area contributed by atoms with Crippen LogP contribution in [0.5, 0.6) is 0 Å². The second-order valence-corrected chi connectivity index (χ2v) is 5.72. The van der Waals surface area contributed by atoms with E-state index in [0.717, 1.165) is 45.2 Å². The summed E-state index contributed by atoms with van der Waals surface area (Å²) in [6.45, 7) is 1.99. The molecule has 2 N–H and O–H groups in total. The number of unbranched alkanes of at least 4 members (excludes halogenated alkanes) is 1. The highest BCUT2D eigenvalue weighted by atomic mass is 35.5. The van der Waals surface area contributed by atoms with Gasteiger partial charge in [0.05, 0.1) is 0 Å². The topological polar surface area (TPSA) is 60.8 Å². The lowest BCUT2D eigenvalue weighted by Gasteiger charge is -2.29. The average Bonchev–Trinajstić information content (AvgIpc) is 2.90. The van der Waals surface area contributed by atoms with Crippen LogP contribution in [0.2, 0.25) is 0 Å². The van der Waals surface area contributed by atoms with Gasteiger partial charge in [-0.3, -0.25) is 9.69 Å². The van der Waals surface area contributed by atoms with Crippen LogP contribution >= 0.6 is 12.4 Å². The monoisotopic (exact) mass is 327 g/mol. The highest BCUT2D eigenvalue weighted by molar-refractivity contribution is 5.85. The average molecular weight is 328 g/mol. The van der Waals surface area contributed by atoms with Crippen LogP contribution in [0, 0.1) is 0 Å². The second kappa shape index (κ2) is 9.82. The molecule has 1 aromatic carbocycles. The van der Waals surface area contributed by atoms with Gasteiger partial charge in [0, 0.05) is 25.6 Å². The number of aliphatic hydroxyl groups is 1. The third-order valence-corrected chi connectivity index (χ3v) is 4.23. The number of aryl methyl sites for hydroxylation is 1. The van der Waals surface area contributed by atoms with Crippen LogP contribution in [0.25, 0.3) is 0 Å². The highest BCUT2D eigenvalue weighted by Crippen LogP contribution is 2.35. The molecule has 0 radical (unpaired) electrons. The predicted molar refractivity (Wildman–Crippen MR) is 89.5 cm³/mol. The fourth-order valence-corrected chi connectivity index (χ4v) is 3.20. The van der Waals surface area contributed by atoms with E-state index in [-0.39, 0.29) is 25.4 Å². The number of hydrogen-bond donors (Lipinski definition) is 2. The number of carbonyl (C=O) groups is 1. The molecule has 0 saturated heterocycles. The number of aliphatic carboxylic acids is 1. The van der Waals surface area contributed by atoms with Crippen molar-refractivity contribution in [2.75, 3.05) is 19.7 Å². The SMILES string of the molecule is Cl.O=C(O)CCCCN(CCCO)C1CCc2ccccc21. The molecule has 1 aromatic rings. The number of benzene rings is 1. The highest BCUT2D eigenvalue weighted by Gasteiger charge is 2.26. The molecule has 5 heteroatoms. The molecule has 4 nitrogen and oxygen atoms in total. The molecule has 0 heterocycles. The molecule has 0 amide bonds. The smallest absolute Gasteiger partial charge is 0.303 e. The van der Waals surface area contributed by atoms with E-state index in [4.69, 9.17) is 10.2 Å². The summed E-state index contributed by atoms with van der Waals surface area (Å²) in [4.78, 5) is 13.0. The number of halogens is 1. The van der Waals surface area contributed by atoms with Crippen molar-refractivity contribution < 1.29 is 15.0 Å². The summed E-state index contributed by atoms with van der Waals surface area (Å²) in [5.41, 5.74) is 2.84. The van der Waals surface area contributed by atoms with Gasteiger partial charge in [0.25, 0.3) is 0 Å². The lowest BCUT2D eigenvalue weighted by Crippen LogP contribution is -2.30. The van der Waals surface area contributed by atoms with Gasteiger partial charge in [-0.2, -0.15) is 0 Å². The molecule has 2 rings (SSSR count). The summed E-state index contributed by atoms with van der Waals surface area (Å²) in [7, 11) is 0. The number of aliphatic hydroxyl groups excluding tert-OH is 1. The van der Waals surface area contributed by atoms with Gasteiger partial charge in [0.1, 0.15) is 0 Å². The van der Waals surface area contributed by atoms with Crippen molar-refractivity contribution in [3.05, 3.63) is 35.4 Å². The minimum absolute atomic E-state index is 0. The molecule has 1 aliphatic carbocycles. The number of carboxylic acid groups (broad SMARTS) is 1. The van der Waals surface area contributed by atoms with Crippen LogP contribution in [-0.4, -0.2) is 40.8 Å². The molecule has 22 heavy (non-hydrogen) atoms. The molecular formula is C17H26ClNO3. The third-order valence-electron chi connectivity index (χ3n) is 4.23. The molecule has 0 bridgehead atoms. The lowest BCUT2D eigenvalue weighted by molar-refractivity contribution is -0.137. The Balaban J connectivity index is 0.00000242. The Bertz CT molecular complexity index is 467. The molecule has 0 aromatic heterocycles. The number of rotatable bonds is 9. The fraction of sp³-hybridized carbons (Fsp3) is 0.588. The first-order valence-electron chi connectivity index (χ1n) is 7.87. The number of fused-ring (bicyclic) bond motifs is 1. The fourth-order valence-electron chi connectivity index (χ4n) is 3.20. The minimum atomic E-state index is -0.719. The van der Waals surface area contributed by atoms with Crippen LogP contribution in [0.4, 0.5) is 0 Å². The molecule has 0 spiro atoms. The van der Waals surface area contributed by atoms with Crippen molar-refractivity contribution in [2.24, 2.45) is 0 Å². The van der Waals surface area contributed by atoms with Crippen LogP contribution in [-0.2, 0) is 11.2 Å². The number of nitrogens with zero attached hydrogens (tertiary/aromatic N) is 1. The van der Waals surface area contributed by atoms with E-state index in [1.807, 2.05) is 0 Å². The summed E-state index contributed by atoms with van der Waals surface area (Å²) in [5.74, 6) is -0.719. The first-order valence-corrected chi connectivity index (χ1v) is 7.87. The maximum Gasteiger partial charge on any atom is 0.303 e. The van der Waals surface area contributed by atoms with Gasteiger partial charge >= 0.3 is 5.97 Å². The van der Waals surface area contributed by atoms with E-state index < -0.39 is 5.97 Å². The quantitative estimate of drug-likeness (QED) is 0.684. The second-order valence-electron chi connectivity index (χ2n) is 5.72. The van der Waals surface area contributed by atoms with Gasteiger partial charge in [0.2, 0.25) is 0 Å². The molecule has 0 saturated carbocycles. The molecule has 0 fully saturated rings. The van der Waals surface area contributed by atoms with E-state index in [2.05, 4.69) is 29.2 Å². The predicted octanol–water partition coefficient (Wildman–Crippen LogP) is 3.04. The van der Waals surface area contributed by atoms with Gasteiger partial charge in [-0.05, 0) is 49.8 Å². The largest absolute Gasteiger partial charge is 0.481 e. The van der Waals surface area contributed by atoms with E-state index in [1.54, 1.807) is 0 Å². The Hall–Kier alpha value is -1.10. The van der Waals surface area contributed by atoms with Gasteiger partial charge < -0.3 is 10.2 Å². The van der Waals surface area contributed by atoms with Crippen molar-refractivity contribution in [1.29, 1.82) is 0 Å². The molecule has 0 aliphatic heterocycles. The standard InChI is InChI=1S/C17H25NO3.ClH/c19-13-5-12-18(11-4-3-8-17(20)21)16-10-9-14-6-1-2-7-15(14)16;/h1-2,6-7,16,19H,3-5,8-13H2,(H,20,21);1H. The van der Waals surface area contributed by atoms with Crippen LogP contribution < -0.4 is 0 Å². The zero-order chi connectivity index (χ0) is 15.1. The first kappa shape index (κ1) is 18.9. The van der Waals surface area contributed by atoms with Crippen LogP contribution in [0.15, 0.2) is 24.3 Å². The zero-order valence-corrected chi connectivity index (χ0v) is 13.7. The Morgan fingerprint density at radius 1 is 1.18 bits per heavy atom. The lowest BCUT2D eigenvalue weighted by atomic mass is 10.1.